The van der Waals surface area contributed by atoms with Gasteiger partial charge in [-0.1, -0.05) is 43.2 Å². The Labute approximate surface area is 134 Å². The first-order chi connectivity index (χ1) is 10.6. The van der Waals surface area contributed by atoms with Crippen LogP contribution in [0.4, 0.5) is 0 Å². The Morgan fingerprint density at radius 3 is 2.55 bits per heavy atom. The summed E-state index contributed by atoms with van der Waals surface area (Å²) in [4.78, 5) is 14.8. The van der Waals surface area contributed by atoms with Crippen molar-refractivity contribution in [2.75, 3.05) is 19.6 Å². The summed E-state index contributed by atoms with van der Waals surface area (Å²) >= 11 is 0. The minimum atomic E-state index is -0.571. The number of likely N-dealkylation sites (tertiary alicyclic amines) is 1. The second-order valence-electron chi connectivity index (χ2n) is 6.37. The lowest BCUT2D eigenvalue weighted by atomic mass is 10.0. The molecule has 4 heteroatoms. The molecule has 1 aliphatic heterocycles. The molecule has 1 atom stereocenters. The molecule has 0 bridgehead atoms. The zero-order chi connectivity index (χ0) is 15.9. The van der Waals surface area contributed by atoms with E-state index >= 15 is 0 Å². The van der Waals surface area contributed by atoms with Crippen molar-refractivity contribution in [3.8, 4) is 0 Å². The second-order valence-corrected chi connectivity index (χ2v) is 6.37. The van der Waals surface area contributed by atoms with Crippen LogP contribution in [0.1, 0.15) is 49.8 Å². The zero-order valence-electron chi connectivity index (χ0n) is 13.8. The van der Waals surface area contributed by atoms with Gasteiger partial charge in [-0.3, -0.25) is 4.79 Å². The van der Waals surface area contributed by atoms with Gasteiger partial charge in [-0.25, -0.2) is 0 Å². The molecule has 1 heterocycles. The van der Waals surface area contributed by atoms with Crippen LogP contribution in [0.5, 0.6) is 0 Å². The standard InChI is InChI=1S/C18H29N3O/c1-3-4-11-21-12-9-16(10-13-21)20-18(22)17(19)15-7-5-14(2)6-8-15/h5-8,16-17H,3-4,9-13,19H2,1-2H3,(H,20,22). The van der Waals surface area contributed by atoms with Gasteiger partial charge in [0.2, 0.25) is 5.91 Å². The van der Waals surface area contributed by atoms with Gasteiger partial charge in [0, 0.05) is 19.1 Å². The highest BCUT2D eigenvalue weighted by Gasteiger charge is 2.23. The monoisotopic (exact) mass is 303 g/mol. The van der Waals surface area contributed by atoms with Crippen LogP contribution in [0.15, 0.2) is 24.3 Å². The number of hydrogen-bond acceptors (Lipinski definition) is 3. The van der Waals surface area contributed by atoms with E-state index < -0.39 is 6.04 Å². The number of nitrogens with two attached hydrogens (primary N) is 1. The lowest BCUT2D eigenvalue weighted by Gasteiger charge is -2.32. The maximum Gasteiger partial charge on any atom is 0.241 e. The van der Waals surface area contributed by atoms with Gasteiger partial charge in [0.05, 0.1) is 0 Å². The quantitative estimate of drug-likeness (QED) is 0.848. The number of nitrogens with one attached hydrogen (secondary N) is 1. The van der Waals surface area contributed by atoms with E-state index in [0.29, 0.717) is 0 Å². The van der Waals surface area contributed by atoms with E-state index in [1.165, 1.54) is 24.9 Å². The van der Waals surface area contributed by atoms with Crippen molar-refractivity contribution in [3.05, 3.63) is 35.4 Å². The first-order valence-electron chi connectivity index (χ1n) is 8.45. The number of aryl methyl sites for hydroxylation is 1. The van der Waals surface area contributed by atoms with Crippen molar-refractivity contribution in [2.24, 2.45) is 5.73 Å². The summed E-state index contributed by atoms with van der Waals surface area (Å²) in [7, 11) is 0. The topological polar surface area (TPSA) is 58.4 Å². The van der Waals surface area contributed by atoms with E-state index in [0.717, 1.165) is 31.5 Å². The first-order valence-corrected chi connectivity index (χ1v) is 8.45. The van der Waals surface area contributed by atoms with E-state index in [1.54, 1.807) is 0 Å². The van der Waals surface area contributed by atoms with Crippen LogP contribution in [0.3, 0.4) is 0 Å². The van der Waals surface area contributed by atoms with E-state index in [2.05, 4.69) is 17.1 Å². The number of carbonyl (C=O) groups excluding carboxylic acids is 1. The summed E-state index contributed by atoms with van der Waals surface area (Å²) in [6.45, 7) is 7.58. The number of benzene rings is 1. The summed E-state index contributed by atoms with van der Waals surface area (Å²) in [6.07, 6.45) is 4.55. The van der Waals surface area contributed by atoms with Gasteiger partial charge in [-0.15, -0.1) is 0 Å². The predicted molar refractivity (Wildman–Crippen MR) is 90.6 cm³/mol. The number of piperidine rings is 1. The highest BCUT2D eigenvalue weighted by Crippen LogP contribution is 2.15. The van der Waals surface area contributed by atoms with Gasteiger partial charge in [-0.05, 0) is 38.3 Å². The van der Waals surface area contributed by atoms with Crippen molar-refractivity contribution >= 4 is 5.91 Å². The van der Waals surface area contributed by atoms with Gasteiger partial charge in [0.1, 0.15) is 6.04 Å². The molecule has 2 rings (SSSR count). The zero-order valence-corrected chi connectivity index (χ0v) is 13.8. The molecule has 22 heavy (non-hydrogen) atoms. The molecule has 0 aliphatic carbocycles. The molecule has 0 saturated carbocycles. The Morgan fingerprint density at radius 2 is 1.95 bits per heavy atom. The SMILES string of the molecule is CCCCN1CCC(NC(=O)C(N)c2ccc(C)cc2)CC1. The molecule has 122 valence electrons. The fraction of sp³-hybridized carbons (Fsp3) is 0.611. The number of unbranched alkanes of at least 4 members (excludes halogenated alkanes) is 1. The predicted octanol–water partition coefficient (Wildman–Crippen LogP) is 2.38. The smallest absolute Gasteiger partial charge is 0.241 e. The van der Waals surface area contributed by atoms with Crippen molar-refractivity contribution in [1.82, 2.24) is 10.2 Å². The Morgan fingerprint density at radius 1 is 1.32 bits per heavy atom. The van der Waals surface area contributed by atoms with Crippen LogP contribution in [0, 0.1) is 6.92 Å². The highest BCUT2D eigenvalue weighted by molar-refractivity contribution is 5.83. The number of rotatable bonds is 6. The van der Waals surface area contributed by atoms with Crippen molar-refractivity contribution in [3.63, 3.8) is 0 Å². The molecular formula is C18H29N3O. The van der Waals surface area contributed by atoms with Crippen molar-refractivity contribution in [2.45, 2.75) is 51.6 Å². The summed E-state index contributed by atoms with van der Waals surface area (Å²) in [5.74, 6) is -0.0594. The lowest BCUT2D eigenvalue weighted by molar-refractivity contribution is -0.123. The van der Waals surface area contributed by atoms with Gasteiger partial charge >= 0.3 is 0 Å². The molecule has 1 fully saturated rings. The molecule has 1 amide bonds. The van der Waals surface area contributed by atoms with Gasteiger partial charge < -0.3 is 16.0 Å². The molecule has 1 unspecified atom stereocenters. The normalized spacial score (nSPS) is 18.1. The van der Waals surface area contributed by atoms with Crippen LogP contribution >= 0.6 is 0 Å². The van der Waals surface area contributed by atoms with Crippen LogP contribution in [-0.2, 0) is 4.79 Å². The van der Waals surface area contributed by atoms with Crippen molar-refractivity contribution in [1.29, 1.82) is 0 Å². The fourth-order valence-corrected chi connectivity index (χ4v) is 2.90. The third-order valence-electron chi connectivity index (χ3n) is 4.48. The van der Waals surface area contributed by atoms with Crippen LogP contribution in [0.2, 0.25) is 0 Å². The van der Waals surface area contributed by atoms with Crippen molar-refractivity contribution < 1.29 is 4.79 Å². The van der Waals surface area contributed by atoms with Gasteiger partial charge in [0.25, 0.3) is 0 Å². The molecular weight excluding hydrogens is 274 g/mol. The Balaban J connectivity index is 1.79. The van der Waals surface area contributed by atoms with E-state index in [9.17, 15) is 4.79 Å². The minimum absolute atomic E-state index is 0.0594. The molecule has 1 aliphatic rings. The maximum atomic E-state index is 12.3. The molecule has 0 aromatic heterocycles. The number of carbonyl (C=O) groups is 1. The van der Waals surface area contributed by atoms with E-state index in [-0.39, 0.29) is 11.9 Å². The average molecular weight is 303 g/mol. The lowest BCUT2D eigenvalue weighted by Crippen LogP contribution is -2.47. The Hall–Kier alpha value is -1.39. The summed E-state index contributed by atoms with van der Waals surface area (Å²) in [5.41, 5.74) is 8.13. The van der Waals surface area contributed by atoms with Gasteiger partial charge in [0.15, 0.2) is 0 Å². The summed E-state index contributed by atoms with van der Waals surface area (Å²) in [6, 6.07) is 7.56. The molecule has 1 aromatic carbocycles. The van der Waals surface area contributed by atoms with E-state index in [1.807, 2.05) is 31.2 Å². The number of amides is 1. The first kappa shape index (κ1) is 17.0. The Kier molecular flexibility index (Phi) is 6.40. The fourth-order valence-electron chi connectivity index (χ4n) is 2.90. The molecule has 0 radical (unpaired) electrons. The number of hydrogen-bond donors (Lipinski definition) is 2. The second kappa shape index (κ2) is 8.30. The number of nitrogens with zero attached hydrogens (tertiary/aromatic N) is 1. The molecule has 3 N–H and O–H groups in total. The minimum Gasteiger partial charge on any atom is -0.352 e. The highest BCUT2D eigenvalue weighted by atomic mass is 16.2. The molecule has 4 nitrogen and oxygen atoms in total. The molecule has 1 saturated heterocycles. The average Bonchev–Trinajstić information content (AvgIpc) is 2.54. The third kappa shape index (κ3) is 4.82. The maximum absolute atomic E-state index is 12.3. The molecule has 0 spiro atoms. The van der Waals surface area contributed by atoms with Crippen LogP contribution in [0.25, 0.3) is 0 Å². The third-order valence-corrected chi connectivity index (χ3v) is 4.48. The largest absolute Gasteiger partial charge is 0.352 e. The van der Waals surface area contributed by atoms with Crippen LogP contribution < -0.4 is 11.1 Å². The summed E-state index contributed by atoms with van der Waals surface area (Å²) < 4.78 is 0. The molecule has 1 aromatic rings. The van der Waals surface area contributed by atoms with Crippen LogP contribution in [-0.4, -0.2) is 36.5 Å². The summed E-state index contributed by atoms with van der Waals surface area (Å²) in [5, 5.41) is 3.12. The van der Waals surface area contributed by atoms with E-state index in [4.69, 9.17) is 5.73 Å². The van der Waals surface area contributed by atoms with Gasteiger partial charge in [-0.2, -0.15) is 0 Å². The Bertz CT molecular complexity index is 464.